The first-order chi connectivity index (χ1) is 9.21. The molecule has 1 aromatic carbocycles. The molecule has 0 amide bonds. The van der Waals surface area contributed by atoms with E-state index in [-0.39, 0.29) is 6.10 Å². The summed E-state index contributed by atoms with van der Waals surface area (Å²) < 4.78 is 5.92. The van der Waals surface area contributed by atoms with Crippen molar-refractivity contribution in [2.24, 2.45) is 0 Å². The summed E-state index contributed by atoms with van der Waals surface area (Å²) in [6.45, 7) is 13.7. The lowest BCUT2D eigenvalue weighted by atomic mass is 10.2. The molecule has 0 saturated heterocycles. The van der Waals surface area contributed by atoms with Gasteiger partial charge in [-0.25, -0.2) is 0 Å². The van der Waals surface area contributed by atoms with Gasteiger partial charge in [-0.2, -0.15) is 0 Å². The minimum Gasteiger partial charge on any atom is -0.489 e. The van der Waals surface area contributed by atoms with Crippen LogP contribution in [0.15, 0.2) is 36.9 Å². The molecule has 1 rings (SSSR count). The summed E-state index contributed by atoms with van der Waals surface area (Å²) in [4.78, 5) is 2.31. The summed E-state index contributed by atoms with van der Waals surface area (Å²) in [5, 5.41) is 3.26. The molecule has 106 valence electrons. The molecule has 3 nitrogen and oxygen atoms in total. The lowest BCUT2D eigenvalue weighted by Crippen LogP contribution is -2.29. The minimum atomic E-state index is 0.145. The molecule has 1 atom stereocenters. The van der Waals surface area contributed by atoms with Gasteiger partial charge in [0.25, 0.3) is 0 Å². The molecule has 1 aromatic rings. The van der Waals surface area contributed by atoms with E-state index in [4.69, 9.17) is 4.74 Å². The number of nitrogens with one attached hydrogen (secondary N) is 1. The van der Waals surface area contributed by atoms with Crippen LogP contribution in [0.2, 0.25) is 0 Å². The quantitative estimate of drug-likeness (QED) is 0.547. The number of ether oxygens (including phenoxy) is 1. The van der Waals surface area contributed by atoms with Crippen LogP contribution in [-0.2, 0) is 0 Å². The topological polar surface area (TPSA) is 24.5 Å². The van der Waals surface area contributed by atoms with Crippen LogP contribution in [0.5, 0.6) is 5.75 Å². The second kappa shape index (κ2) is 8.59. The predicted molar refractivity (Wildman–Crippen MR) is 83.2 cm³/mol. The Kier molecular flexibility index (Phi) is 7.04. The smallest absolute Gasteiger partial charge is 0.121 e. The second-order valence-electron chi connectivity index (χ2n) is 4.55. The van der Waals surface area contributed by atoms with Gasteiger partial charge in [0.05, 0.1) is 0 Å². The van der Waals surface area contributed by atoms with Gasteiger partial charge in [0, 0.05) is 37.9 Å². The number of benzene rings is 1. The Hall–Kier alpha value is -1.48. The van der Waals surface area contributed by atoms with Gasteiger partial charge < -0.3 is 15.0 Å². The lowest BCUT2D eigenvalue weighted by molar-refractivity contribution is 0.219. The average molecular weight is 262 g/mol. The summed E-state index contributed by atoms with van der Waals surface area (Å²) in [6.07, 6.45) is 2.00. The van der Waals surface area contributed by atoms with Crippen LogP contribution < -0.4 is 15.0 Å². The Bertz CT molecular complexity index is 375. The van der Waals surface area contributed by atoms with Crippen molar-refractivity contribution in [2.45, 2.75) is 26.9 Å². The van der Waals surface area contributed by atoms with Crippen LogP contribution >= 0.6 is 0 Å². The van der Waals surface area contributed by atoms with E-state index in [1.54, 1.807) is 0 Å². The molecule has 0 saturated carbocycles. The van der Waals surface area contributed by atoms with Crippen molar-refractivity contribution in [3.05, 3.63) is 36.9 Å². The summed E-state index contributed by atoms with van der Waals surface area (Å²) in [7, 11) is 0. The number of rotatable bonds is 9. The van der Waals surface area contributed by atoms with E-state index in [1.807, 2.05) is 18.2 Å². The van der Waals surface area contributed by atoms with E-state index >= 15 is 0 Å². The van der Waals surface area contributed by atoms with Crippen molar-refractivity contribution in [1.29, 1.82) is 0 Å². The highest BCUT2D eigenvalue weighted by Gasteiger charge is 2.06. The van der Waals surface area contributed by atoms with E-state index in [0.717, 1.165) is 31.9 Å². The van der Waals surface area contributed by atoms with Gasteiger partial charge in [0.1, 0.15) is 11.9 Å². The van der Waals surface area contributed by atoms with Gasteiger partial charge in [-0.15, -0.1) is 6.58 Å². The maximum absolute atomic E-state index is 5.92. The highest BCUT2D eigenvalue weighted by molar-refractivity contribution is 5.50. The normalized spacial score (nSPS) is 11.9. The van der Waals surface area contributed by atoms with Crippen molar-refractivity contribution in [3.8, 4) is 5.75 Å². The number of nitrogens with zero attached hydrogens (tertiary/aromatic N) is 1. The van der Waals surface area contributed by atoms with Crippen molar-refractivity contribution in [3.63, 3.8) is 0 Å². The third-order valence-electron chi connectivity index (χ3n) is 3.00. The minimum absolute atomic E-state index is 0.145. The molecule has 0 aromatic heterocycles. The summed E-state index contributed by atoms with van der Waals surface area (Å²) >= 11 is 0. The zero-order chi connectivity index (χ0) is 14.1. The highest BCUT2D eigenvalue weighted by Crippen LogP contribution is 2.21. The zero-order valence-corrected chi connectivity index (χ0v) is 12.4. The SMILES string of the molecule is C=CCNCC(C)Oc1cccc(N(CC)CC)c1. The van der Waals surface area contributed by atoms with Crippen LogP contribution in [0, 0.1) is 0 Å². The third kappa shape index (κ3) is 5.35. The molecule has 19 heavy (non-hydrogen) atoms. The fraction of sp³-hybridized carbons (Fsp3) is 0.500. The molecule has 0 bridgehead atoms. The van der Waals surface area contributed by atoms with Crippen LogP contribution in [0.25, 0.3) is 0 Å². The molecule has 1 N–H and O–H groups in total. The van der Waals surface area contributed by atoms with E-state index in [0.29, 0.717) is 0 Å². The summed E-state index contributed by atoms with van der Waals surface area (Å²) in [5.41, 5.74) is 1.22. The van der Waals surface area contributed by atoms with Crippen LogP contribution in [0.4, 0.5) is 5.69 Å². The maximum atomic E-state index is 5.92. The molecule has 0 radical (unpaired) electrons. The van der Waals surface area contributed by atoms with Crippen LogP contribution in [0.3, 0.4) is 0 Å². The molecule has 0 aliphatic heterocycles. The first kappa shape index (κ1) is 15.6. The van der Waals surface area contributed by atoms with Crippen molar-refractivity contribution >= 4 is 5.69 Å². The van der Waals surface area contributed by atoms with E-state index < -0.39 is 0 Å². The fourth-order valence-electron chi connectivity index (χ4n) is 2.00. The predicted octanol–water partition coefficient (Wildman–Crippen LogP) is 3.08. The van der Waals surface area contributed by atoms with Gasteiger partial charge in [-0.3, -0.25) is 0 Å². The Labute approximate surface area is 117 Å². The van der Waals surface area contributed by atoms with Crippen molar-refractivity contribution in [1.82, 2.24) is 5.32 Å². The second-order valence-corrected chi connectivity index (χ2v) is 4.55. The van der Waals surface area contributed by atoms with Crippen LogP contribution in [0.1, 0.15) is 20.8 Å². The van der Waals surface area contributed by atoms with Gasteiger partial charge in [0.15, 0.2) is 0 Å². The molecule has 3 heteroatoms. The molecule has 0 spiro atoms. The molecule has 0 aliphatic rings. The average Bonchev–Trinajstić information content (AvgIpc) is 2.41. The molecular formula is C16H26N2O. The van der Waals surface area contributed by atoms with Crippen LogP contribution in [-0.4, -0.2) is 32.3 Å². The Morgan fingerprint density at radius 1 is 1.37 bits per heavy atom. The Morgan fingerprint density at radius 3 is 2.74 bits per heavy atom. The maximum Gasteiger partial charge on any atom is 0.121 e. The Balaban J connectivity index is 2.58. The third-order valence-corrected chi connectivity index (χ3v) is 3.00. The van der Waals surface area contributed by atoms with Gasteiger partial charge >= 0.3 is 0 Å². The molecule has 1 unspecified atom stereocenters. The van der Waals surface area contributed by atoms with E-state index in [9.17, 15) is 0 Å². The van der Waals surface area contributed by atoms with Crippen molar-refractivity contribution in [2.75, 3.05) is 31.1 Å². The van der Waals surface area contributed by atoms with E-state index in [1.165, 1.54) is 5.69 Å². The zero-order valence-electron chi connectivity index (χ0n) is 12.4. The van der Waals surface area contributed by atoms with Crippen molar-refractivity contribution < 1.29 is 4.74 Å². The molecular weight excluding hydrogens is 236 g/mol. The van der Waals surface area contributed by atoms with Gasteiger partial charge in [-0.1, -0.05) is 12.1 Å². The lowest BCUT2D eigenvalue weighted by Gasteiger charge is -2.22. The number of hydrogen-bond donors (Lipinski definition) is 1. The first-order valence-electron chi connectivity index (χ1n) is 7.04. The molecule has 0 fully saturated rings. The highest BCUT2D eigenvalue weighted by atomic mass is 16.5. The standard InChI is InChI=1S/C16H26N2O/c1-5-11-17-13-14(4)19-16-10-8-9-15(12-16)18(6-2)7-3/h5,8-10,12,14,17H,1,6-7,11,13H2,2-4H3. The Morgan fingerprint density at radius 2 is 2.11 bits per heavy atom. The summed E-state index contributed by atoms with van der Waals surface area (Å²) in [5.74, 6) is 0.928. The van der Waals surface area contributed by atoms with Gasteiger partial charge in [0.2, 0.25) is 0 Å². The largest absolute Gasteiger partial charge is 0.489 e. The number of hydrogen-bond acceptors (Lipinski definition) is 3. The summed E-state index contributed by atoms with van der Waals surface area (Å²) in [6, 6.07) is 8.29. The monoisotopic (exact) mass is 262 g/mol. The molecule has 0 aliphatic carbocycles. The molecule has 0 heterocycles. The van der Waals surface area contributed by atoms with Gasteiger partial charge in [-0.05, 0) is 32.9 Å². The fourth-order valence-corrected chi connectivity index (χ4v) is 2.00. The van der Waals surface area contributed by atoms with E-state index in [2.05, 4.69) is 49.7 Å². The number of anilines is 1. The first-order valence-corrected chi connectivity index (χ1v) is 7.04.